The van der Waals surface area contributed by atoms with Crippen LogP contribution in [0, 0.1) is 6.92 Å². The maximum Gasteiger partial charge on any atom is 0.272 e. The summed E-state index contributed by atoms with van der Waals surface area (Å²) in [4.78, 5) is 3.17. The summed E-state index contributed by atoms with van der Waals surface area (Å²) in [6.07, 6.45) is 1.95. The Morgan fingerprint density at radius 1 is 1.13 bits per heavy atom. The van der Waals surface area contributed by atoms with Crippen LogP contribution in [0.2, 0.25) is 0 Å². The maximum atomic E-state index is 3.35. The molecule has 0 aliphatic rings. The number of pyridine rings is 1. The van der Waals surface area contributed by atoms with Crippen molar-refractivity contribution in [3.05, 3.63) is 59.8 Å². The first kappa shape index (κ1) is 9.71. The molecule has 1 aromatic heterocycles. The highest BCUT2D eigenvalue weighted by molar-refractivity contribution is 5.32. The van der Waals surface area contributed by atoms with Crippen molar-refractivity contribution in [2.24, 2.45) is 0 Å². The van der Waals surface area contributed by atoms with Crippen LogP contribution >= 0.6 is 0 Å². The summed E-state index contributed by atoms with van der Waals surface area (Å²) < 4.78 is 0. The molecule has 0 amide bonds. The van der Waals surface area contributed by atoms with Gasteiger partial charge in [0.15, 0.2) is 0 Å². The van der Waals surface area contributed by atoms with E-state index in [-0.39, 0.29) is 0 Å². The first-order chi connectivity index (χ1) is 7.34. The quantitative estimate of drug-likeness (QED) is 0.807. The Labute approximate surface area is 90.0 Å². The van der Waals surface area contributed by atoms with Crippen LogP contribution in [-0.4, -0.2) is 0 Å². The molecule has 0 saturated heterocycles. The molecule has 2 heteroatoms. The lowest BCUT2D eigenvalue weighted by molar-refractivity contribution is -0.361. The van der Waals surface area contributed by atoms with E-state index in [4.69, 9.17) is 0 Å². The molecule has 0 aliphatic carbocycles. The molecule has 0 aliphatic heterocycles. The van der Waals surface area contributed by atoms with Gasteiger partial charge in [0.25, 0.3) is 5.82 Å². The zero-order chi connectivity index (χ0) is 10.5. The highest BCUT2D eigenvalue weighted by Crippen LogP contribution is 2.04. The monoisotopic (exact) mass is 199 g/mol. The molecule has 0 fully saturated rings. The van der Waals surface area contributed by atoms with E-state index in [1.165, 1.54) is 11.1 Å². The van der Waals surface area contributed by atoms with E-state index in [9.17, 15) is 0 Å². The zero-order valence-electron chi connectivity index (χ0n) is 8.83. The lowest BCUT2D eigenvalue weighted by Crippen LogP contribution is -2.12. The minimum absolute atomic E-state index is 0.848. The SMILES string of the molecule is Cc1cc[nH+]c(NCc2ccccc2)c1. The molecule has 0 saturated carbocycles. The summed E-state index contributed by atoms with van der Waals surface area (Å²) >= 11 is 0. The van der Waals surface area contributed by atoms with Gasteiger partial charge in [-0.2, -0.15) is 0 Å². The van der Waals surface area contributed by atoms with Gasteiger partial charge in [-0.1, -0.05) is 30.3 Å². The van der Waals surface area contributed by atoms with Gasteiger partial charge in [-0.3, -0.25) is 5.32 Å². The number of H-pyrrole nitrogens is 1. The summed E-state index contributed by atoms with van der Waals surface area (Å²) in [6, 6.07) is 14.5. The highest BCUT2D eigenvalue weighted by atomic mass is 15.0. The summed E-state index contributed by atoms with van der Waals surface area (Å²) in [7, 11) is 0. The minimum Gasteiger partial charge on any atom is -0.270 e. The van der Waals surface area contributed by atoms with E-state index in [1.54, 1.807) is 0 Å². The summed E-state index contributed by atoms with van der Waals surface area (Å²) in [5.74, 6) is 1.05. The number of nitrogens with one attached hydrogen (secondary N) is 2. The number of aryl methyl sites for hydroxylation is 1. The van der Waals surface area contributed by atoms with Gasteiger partial charge in [-0.25, -0.2) is 4.98 Å². The molecule has 0 unspecified atom stereocenters. The Bertz CT molecular complexity index is 424. The van der Waals surface area contributed by atoms with E-state index in [1.807, 2.05) is 18.3 Å². The molecular formula is C13H15N2+. The molecule has 1 heterocycles. The number of aromatic amines is 1. The van der Waals surface area contributed by atoms with Crippen LogP contribution in [0.25, 0.3) is 0 Å². The van der Waals surface area contributed by atoms with Gasteiger partial charge in [0.2, 0.25) is 0 Å². The Balaban J connectivity index is 1.99. The third kappa shape index (κ3) is 2.81. The molecule has 2 aromatic rings. The number of hydrogen-bond acceptors (Lipinski definition) is 1. The van der Waals surface area contributed by atoms with Crippen molar-refractivity contribution in [2.45, 2.75) is 13.5 Å². The lowest BCUT2D eigenvalue weighted by atomic mass is 10.2. The molecule has 2 rings (SSSR count). The van der Waals surface area contributed by atoms with Crippen LogP contribution < -0.4 is 10.3 Å². The second-order valence-corrected chi connectivity index (χ2v) is 3.62. The summed E-state index contributed by atoms with van der Waals surface area (Å²) in [5, 5.41) is 3.35. The van der Waals surface area contributed by atoms with Crippen LogP contribution in [0.4, 0.5) is 5.82 Å². The van der Waals surface area contributed by atoms with Crippen molar-refractivity contribution in [1.82, 2.24) is 0 Å². The second kappa shape index (κ2) is 4.60. The Kier molecular flexibility index (Phi) is 2.98. The number of aromatic nitrogens is 1. The standard InChI is InChI=1S/C13H14N2/c1-11-7-8-14-13(9-11)15-10-12-5-3-2-4-6-12/h2-9H,10H2,1H3,(H,14,15)/p+1. The van der Waals surface area contributed by atoms with Crippen molar-refractivity contribution >= 4 is 5.82 Å². The lowest BCUT2D eigenvalue weighted by Gasteiger charge is -1.99. The van der Waals surface area contributed by atoms with E-state index < -0.39 is 0 Å². The van der Waals surface area contributed by atoms with E-state index in [0.29, 0.717) is 0 Å². The summed E-state index contributed by atoms with van der Waals surface area (Å²) in [6.45, 7) is 2.93. The maximum absolute atomic E-state index is 3.35. The fourth-order valence-electron chi connectivity index (χ4n) is 1.48. The third-order valence-electron chi connectivity index (χ3n) is 2.28. The van der Waals surface area contributed by atoms with Gasteiger partial charge < -0.3 is 0 Å². The Hall–Kier alpha value is -1.83. The molecule has 0 radical (unpaired) electrons. The van der Waals surface area contributed by atoms with Crippen molar-refractivity contribution in [1.29, 1.82) is 0 Å². The van der Waals surface area contributed by atoms with Crippen LogP contribution in [0.3, 0.4) is 0 Å². The van der Waals surface area contributed by atoms with Crippen LogP contribution in [0.5, 0.6) is 0 Å². The van der Waals surface area contributed by atoms with Gasteiger partial charge in [-0.15, -0.1) is 0 Å². The number of hydrogen-bond donors (Lipinski definition) is 1. The minimum atomic E-state index is 0.848. The molecule has 2 N–H and O–H groups in total. The van der Waals surface area contributed by atoms with Gasteiger partial charge in [0, 0.05) is 6.07 Å². The Morgan fingerprint density at radius 3 is 2.67 bits per heavy atom. The van der Waals surface area contributed by atoms with Crippen LogP contribution in [-0.2, 0) is 6.54 Å². The first-order valence-electron chi connectivity index (χ1n) is 5.11. The molecule has 2 nitrogen and oxygen atoms in total. The highest BCUT2D eigenvalue weighted by Gasteiger charge is 2.00. The topological polar surface area (TPSA) is 26.2 Å². The molecule has 15 heavy (non-hydrogen) atoms. The van der Waals surface area contributed by atoms with Crippen LogP contribution in [0.15, 0.2) is 48.7 Å². The predicted molar refractivity (Wildman–Crippen MR) is 61.5 cm³/mol. The number of rotatable bonds is 3. The van der Waals surface area contributed by atoms with Crippen molar-refractivity contribution in [3.63, 3.8) is 0 Å². The predicted octanol–water partition coefficient (Wildman–Crippen LogP) is 2.42. The molecule has 1 aromatic carbocycles. The molecule has 0 spiro atoms. The largest absolute Gasteiger partial charge is 0.272 e. The van der Waals surface area contributed by atoms with Gasteiger partial charge >= 0.3 is 0 Å². The average Bonchev–Trinajstić information content (AvgIpc) is 2.28. The fraction of sp³-hybridized carbons (Fsp3) is 0.154. The molecule has 0 atom stereocenters. The van der Waals surface area contributed by atoms with E-state index in [2.05, 4.69) is 47.6 Å². The van der Waals surface area contributed by atoms with Gasteiger partial charge in [-0.05, 0) is 24.1 Å². The van der Waals surface area contributed by atoms with Crippen molar-refractivity contribution in [3.8, 4) is 0 Å². The van der Waals surface area contributed by atoms with Crippen molar-refractivity contribution in [2.75, 3.05) is 5.32 Å². The first-order valence-corrected chi connectivity index (χ1v) is 5.11. The normalized spacial score (nSPS) is 9.93. The van der Waals surface area contributed by atoms with Gasteiger partial charge in [0.05, 0.1) is 6.20 Å². The van der Waals surface area contributed by atoms with E-state index >= 15 is 0 Å². The smallest absolute Gasteiger partial charge is 0.270 e. The van der Waals surface area contributed by atoms with Crippen molar-refractivity contribution < 1.29 is 4.98 Å². The summed E-state index contributed by atoms with van der Waals surface area (Å²) in [5.41, 5.74) is 2.54. The van der Waals surface area contributed by atoms with Crippen LogP contribution in [0.1, 0.15) is 11.1 Å². The third-order valence-corrected chi connectivity index (χ3v) is 2.28. The number of benzene rings is 1. The second-order valence-electron chi connectivity index (χ2n) is 3.62. The number of anilines is 1. The molecular weight excluding hydrogens is 184 g/mol. The molecule has 0 bridgehead atoms. The molecule has 76 valence electrons. The average molecular weight is 199 g/mol. The fourth-order valence-corrected chi connectivity index (χ4v) is 1.48. The van der Waals surface area contributed by atoms with Gasteiger partial charge in [0.1, 0.15) is 6.54 Å². The van der Waals surface area contributed by atoms with E-state index in [0.717, 1.165) is 12.4 Å². The zero-order valence-corrected chi connectivity index (χ0v) is 8.83. The Morgan fingerprint density at radius 2 is 1.93 bits per heavy atom.